The van der Waals surface area contributed by atoms with Gasteiger partial charge in [0, 0.05) is 11.6 Å². The molecule has 0 aliphatic rings. The third kappa shape index (κ3) is 4.62. The maximum Gasteiger partial charge on any atom is 0.133 e. The zero-order chi connectivity index (χ0) is 16.2. The van der Waals surface area contributed by atoms with Crippen molar-refractivity contribution in [3.05, 3.63) is 22.2 Å². The number of halogens is 1. The molecule has 0 aliphatic carbocycles. The van der Waals surface area contributed by atoms with E-state index in [1.165, 1.54) is 0 Å². The monoisotopic (exact) mass is 357 g/mol. The Hall–Kier alpha value is -0.740. The summed E-state index contributed by atoms with van der Waals surface area (Å²) < 4.78 is 11.9. The summed E-state index contributed by atoms with van der Waals surface area (Å²) in [5.74, 6) is 2.28. The van der Waals surface area contributed by atoms with Crippen molar-refractivity contribution in [3.63, 3.8) is 0 Å². The van der Waals surface area contributed by atoms with Crippen LogP contribution in [0.5, 0.6) is 11.5 Å². The molecule has 2 unspecified atom stereocenters. The number of rotatable bonds is 6. The molecule has 0 bridgehead atoms. The normalized spacial score (nSPS) is 14.7. The molecule has 0 aromatic heterocycles. The molecule has 0 fully saturated rings. The number of hydrogen-bond donors (Lipinski definition) is 1. The van der Waals surface area contributed by atoms with Crippen LogP contribution in [0.2, 0.25) is 0 Å². The quantitative estimate of drug-likeness (QED) is 0.792. The molecule has 21 heavy (non-hydrogen) atoms. The second-order valence-electron chi connectivity index (χ2n) is 6.57. The fourth-order valence-electron chi connectivity index (χ4n) is 2.26. The summed E-state index contributed by atoms with van der Waals surface area (Å²) in [6, 6.07) is 4.26. The average Bonchev–Trinajstić information content (AvgIpc) is 2.43. The van der Waals surface area contributed by atoms with Crippen molar-refractivity contribution >= 4 is 15.9 Å². The molecule has 2 atom stereocenters. The van der Waals surface area contributed by atoms with E-state index in [0.29, 0.717) is 5.92 Å². The van der Waals surface area contributed by atoms with Crippen molar-refractivity contribution < 1.29 is 9.47 Å². The lowest BCUT2D eigenvalue weighted by atomic mass is 9.77. The highest BCUT2D eigenvalue weighted by molar-refractivity contribution is 9.10. The molecular weight excluding hydrogens is 330 g/mol. The van der Waals surface area contributed by atoms with E-state index in [0.717, 1.165) is 28.0 Å². The van der Waals surface area contributed by atoms with E-state index in [9.17, 15) is 0 Å². The predicted molar refractivity (Wildman–Crippen MR) is 92.3 cm³/mol. The minimum absolute atomic E-state index is 0.233. The number of methoxy groups -OCH3 is 2. The minimum Gasteiger partial charge on any atom is -0.496 e. The van der Waals surface area contributed by atoms with Crippen LogP contribution in [0.3, 0.4) is 0 Å². The molecule has 0 spiro atoms. The average molecular weight is 358 g/mol. The van der Waals surface area contributed by atoms with Gasteiger partial charge < -0.3 is 14.8 Å². The van der Waals surface area contributed by atoms with Crippen LogP contribution in [0, 0.1) is 11.3 Å². The molecule has 0 saturated heterocycles. The Kier molecular flexibility index (Phi) is 6.54. The zero-order valence-corrected chi connectivity index (χ0v) is 15.8. The van der Waals surface area contributed by atoms with Crippen LogP contribution in [0.4, 0.5) is 0 Å². The Balaban J connectivity index is 3.15. The molecular formula is C17H28BrNO2. The first kappa shape index (κ1) is 18.3. The van der Waals surface area contributed by atoms with E-state index in [2.05, 4.69) is 55.0 Å². The van der Waals surface area contributed by atoms with Crippen molar-refractivity contribution in [3.8, 4) is 11.5 Å². The van der Waals surface area contributed by atoms with Gasteiger partial charge in [0.2, 0.25) is 0 Å². The molecule has 3 nitrogen and oxygen atoms in total. The summed E-state index contributed by atoms with van der Waals surface area (Å²) in [5.41, 5.74) is 1.41. The molecule has 0 heterocycles. The summed E-state index contributed by atoms with van der Waals surface area (Å²) in [5, 5.41) is 3.42. The number of ether oxygens (including phenoxy) is 2. The van der Waals surface area contributed by atoms with Gasteiger partial charge in [-0.25, -0.2) is 0 Å². The molecule has 0 amide bonds. The molecule has 120 valence electrons. The number of nitrogens with one attached hydrogen (secondary N) is 1. The first-order valence-corrected chi connectivity index (χ1v) is 8.12. The van der Waals surface area contributed by atoms with Gasteiger partial charge in [0.25, 0.3) is 0 Å². The highest BCUT2D eigenvalue weighted by Gasteiger charge is 2.26. The molecule has 1 rings (SSSR count). The largest absolute Gasteiger partial charge is 0.496 e. The molecule has 1 aromatic carbocycles. The van der Waals surface area contributed by atoms with Crippen molar-refractivity contribution in [2.45, 2.75) is 40.2 Å². The molecule has 0 saturated carbocycles. The van der Waals surface area contributed by atoms with Crippen LogP contribution in [-0.4, -0.2) is 21.3 Å². The van der Waals surface area contributed by atoms with Gasteiger partial charge in [-0.3, -0.25) is 0 Å². The lowest BCUT2D eigenvalue weighted by molar-refractivity contribution is 0.224. The SMILES string of the molecule is CNC(CC(C)C(C)(C)C)c1cc(OC)c(Br)cc1OC. The second kappa shape index (κ2) is 7.50. The van der Waals surface area contributed by atoms with E-state index < -0.39 is 0 Å². The van der Waals surface area contributed by atoms with Gasteiger partial charge in [-0.1, -0.05) is 27.7 Å². The molecule has 0 radical (unpaired) electrons. The summed E-state index contributed by atoms with van der Waals surface area (Å²) in [7, 11) is 5.38. The van der Waals surface area contributed by atoms with Gasteiger partial charge in [0.15, 0.2) is 0 Å². The Labute approximate surface area is 137 Å². The number of hydrogen-bond acceptors (Lipinski definition) is 3. The lowest BCUT2D eigenvalue weighted by Gasteiger charge is -2.31. The third-order valence-corrected chi connectivity index (χ3v) is 4.92. The summed E-state index contributed by atoms with van der Waals surface area (Å²) in [4.78, 5) is 0. The Morgan fingerprint density at radius 2 is 1.71 bits per heavy atom. The summed E-state index contributed by atoms with van der Waals surface area (Å²) in [6.07, 6.45) is 1.04. The molecule has 4 heteroatoms. The molecule has 0 aliphatic heterocycles. The van der Waals surface area contributed by atoms with Crippen molar-refractivity contribution in [2.24, 2.45) is 11.3 Å². The highest BCUT2D eigenvalue weighted by Crippen LogP contribution is 2.40. The van der Waals surface area contributed by atoms with Crippen molar-refractivity contribution in [2.75, 3.05) is 21.3 Å². The fourth-order valence-corrected chi connectivity index (χ4v) is 2.75. The van der Waals surface area contributed by atoms with Gasteiger partial charge in [-0.15, -0.1) is 0 Å². The van der Waals surface area contributed by atoms with Crippen LogP contribution in [0.1, 0.15) is 45.7 Å². The van der Waals surface area contributed by atoms with Gasteiger partial charge in [-0.2, -0.15) is 0 Å². The van der Waals surface area contributed by atoms with Crippen LogP contribution in [0.25, 0.3) is 0 Å². The fraction of sp³-hybridized carbons (Fsp3) is 0.647. The van der Waals surface area contributed by atoms with E-state index in [1.54, 1.807) is 14.2 Å². The van der Waals surface area contributed by atoms with E-state index in [4.69, 9.17) is 9.47 Å². The molecule has 1 N–H and O–H groups in total. The number of benzene rings is 1. The first-order chi connectivity index (χ1) is 9.74. The van der Waals surface area contributed by atoms with Crippen molar-refractivity contribution in [1.82, 2.24) is 5.32 Å². The maximum atomic E-state index is 5.55. The first-order valence-electron chi connectivity index (χ1n) is 7.33. The summed E-state index contributed by atoms with van der Waals surface area (Å²) in [6.45, 7) is 9.14. The zero-order valence-electron chi connectivity index (χ0n) is 14.2. The van der Waals surface area contributed by atoms with Gasteiger partial charge >= 0.3 is 0 Å². The molecule has 1 aromatic rings. The van der Waals surface area contributed by atoms with Crippen LogP contribution < -0.4 is 14.8 Å². The predicted octanol–water partition coefficient (Wildman–Crippen LogP) is 4.80. The smallest absolute Gasteiger partial charge is 0.133 e. The van der Waals surface area contributed by atoms with Gasteiger partial charge in [0.1, 0.15) is 11.5 Å². The van der Waals surface area contributed by atoms with Crippen LogP contribution in [-0.2, 0) is 0 Å². The topological polar surface area (TPSA) is 30.5 Å². The second-order valence-corrected chi connectivity index (χ2v) is 7.43. The standard InChI is InChI=1S/C17H28BrNO2/c1-11(17(2,3)4)8-14(19-5)12-9-16(21-7)13(18)10-15(12)20-6/h9-11,14,19H,8H2,1-7H3. The van der Waals surface area contributed by atoms with Crippen molar-refractivity contribution in [1.29, 1.82) is 0 Å². The lowest BCUT2D eigenvalue weighted by Crippen LogP contribution is -2.25. The Morgan fingerprint density at radius 1 is 1.14 bits per heavy atom. The third-order valence-electron chi connectivity index (χ3n) is 4.30. The van der Waals surface area contributed by atoms with E-state index in [1.807, 2.05) is 13.1 Å². The maximum absolute atomic E-state index is 5.55. The van der Waals surface area contributed by atoms with Gasteiger partial charge in [-0.05, 0) is 52.9 Å². The van der Waals surface area contributed by atoms with Crippen LogP contribution >= 0.6 is 15.9 Å². The van der Waals surface area contributed by atoms with Crippen LogP contribution in [0.15, 0.2) is 16.6 Å². The van der Waals surface area contributed by atoms with E-state index >= 15 is 0 Å². The van der Waals surface area contributed by atoms with E-state index in [-0.39, 0.29) is 11.5 Å². The summed E-state index contributed by atoms with van der Waals surface area (Å²) >= 11 is 3.51. The highest BCUT2D eigenvalue weighted by atomic mass is 79.9. The Bertz CT molecular complexity index is 469. The van der Waals surface area contributed by atoms with Gasteiger partial charge in [0.05, 0.1) is 18.7 Å². The Morgan fingerprint density at radius 3 is 2.14 bits per heavy atom. The minimum atomic E-state index is 0.233.